The lowest BCUT2D eigenvalue weighted by Gasteiger charge is -2.12. The molecule has 0 aliphatic heterocycles. The Hall–Kier alpha value is -2.42. The fourth-order valence-electron chi connectivity index (χ4n) is 2.19. The van der Waals surface area contributed by atoms with Crippen molar-refractivity contribution < 1.29 is 9.84 Å². The van der Waals surface area contributed by atoms with Crippen molar-refractivity contribution in [3.8, 4) is 17.8 Å². The van der Waals surface area contributed by atoms with E-state index in [4.69, 9.17) is 4.74 Å². The number of aryl methyl sites for hydroxylation is 1. The fourth-order valence-corrected chi connectivity index (χ4v) is 2.19. The van der Waals surface area contributed by atoms with Crippen LogP contribution in [0.2, 0.25) is 0 Å². The highest BCUT2D eigenvalue weighted by atomic mass is 16.5. The molecule has 96 valence electrons. The van der Waals surface area contributed by atoms with E-state index in [9.17, 15) is 10.4 Å². The Kier molecular flexibility index (Phi) is 2.32. The number of hydrogen-bond donors (Lipinski definition) is 1. The molecule has 0 amide bonds. The third kappa shape index (κ3) is 1.66. The standard InChI is InChI=1S/C13H12N4O2/c1-7-15-10-8(11(18)16-7)5-9(12(17-10)19-2)13(6-14)3-4-13/h5H,3-4H2,1-2H3,(H,15,16,17,18). The van der Waals surface area contributed by atoms with Crippen LogP contribution in [0, 0.1) is 18.3 Å². The first-order valence-electron chi connectivity index (χ1n) is 5.94. The van der Waals surface area contributed by atoms with Crippen molar-refractivity contribution in [2.24, 2.45) is 0 Å². The van der Waals surface area contributed by atoms with Gasteiger partial charge < -0.3 is 9.84 Å². The molecule has 0 spiro atoms. The van der Waals surface area contributed by atoms with Crippen LogP contribution in [-0.2, 0) is 5.41 Å². The molecular formula is C13H12N4O2. The molecule has 0 aromatic carbocycles. The van der Waals surface area contributed by atoms with Crippen molar-refractivity contribution in [2.75, 3.05) is 7.11 Å². The van der Waals surface area contributed by atoms with Crippen molar-refractivity contribution >= 4 is 11.0 Å². The van der Waals surface area contributed by atoms with E-state index in [-0.39, 0.29) is 5.88 Å². The van der Waals surface area contributed by atoms with Crippen LogP contribution in [0.4, 0.5) is 0 Å². The van der Waals surface area contributed by atoms with E-state index >= 15 is 0 Å². The summed E-state index contributed by atoms with van der Waals surface area (Å²) in [6, 6.07) is 4.01. The minimum Gasteiger partial charge on any atom is -0.493 e. The summed E-state index contributed by atoms with van der Waals surface area (Å²) in [6.45, 7) is 1.68. The van der Waals surface area contributed by atoms with E-state index in [2.05, 4.69) is 21.0 Å². The van der Waals surface area contributed by atoms with Gasteiger partial charge in [-0.1, -0.05) is 0 Å². The summed E-state index contributed by atoms with van der Waals surface area (Å²) in [7, 11) is 1.51. The summed E-state index contributed by atoms with van der Waals surface area (Å²) in [6.07, 6.45) is 1.56. The number of fused-ring (bicyclic) bond motifs is 1. The molecule has 0 saturated heterocycles. The fraction of sp³-hybridized carbons (Fsp3) is 0.385. The molecule has 3 rings (SSSR count). The maximum absolute atomic E-state index is 9.88. The minimum atomic E-state index is -0.538. The number of aromatic hydroxyl groups is 1. The van der Waals surface area contributed by atoms with Crippen molar-refractivity contribution in [3.63, 3.8) is 0 Å². The Bertz CT molecular complexity index is 717. The first-order chi connectivity index (χ1) is 9.09. The molecule has 1 N–H and O–H groups in total. The van der Waals surface area contributed by atoms with Gasteiger partial charge in [-0.2, -0.15) is 15.2 Å². The largest absolute Gasteiger partial charge is 0.493 e. The molecular weight excluding hydrogens is 244 g/mol. The van der Waals surface area contributed by atoms with Crippen LogP contribution >= 0.6 is 0 Å². The molecule has 1 fully saturated rings. The van der Waals surface area contributed by atoms with Gasteiger partial charge in [0.1, 0.15) is 5.82 Å². The number of aromatic nitrogens is 3. The maximum Gasteiger partial charge on any atom is 0.223 e. The average Bonchev–Trinajstić information content (AvgIpc) is 3.18. The predicted octanol–water partition coefficient (Wildman–Crippen LogP) is 1.60. The Balaban J connectivity index is 2.32. The van der Waals surface area contributed by atoms with Crippen LogP contribution in [0.3, 0.4) is 0 Å². The zero-order chi connectivity index (χ0) is 13.6. The normalized spacial score (nSPS) is 16.1. The Morgan fingerprint density at radius 2 is 2.11 bits per heavy atom. The lowest BCUT2D eigenvalue weighted by atomic mass is 9.98. The van der Waals surface area contributed by atoms with Crippen LogP contribution in [0.25, 0.3) is 11.0 Å². The molecule has 2 heterocycles. The van der Waals surface area contributed by atoms with Crippen molar-refractivity contribution in [3.05, 3.63) is 17.5 Å². The van der Waals surface area contributed by atoms with E-state index in [1.54, 1.807) is 13.0 Å². The van der Waals surface area contributed by atoms with Crippen LogP contribution in [-0.4, -0.2) is 27.2 Å². The van der Waals surface area contributed by atoms with Crippen LogP contribution < -0.4 is 4.74 Å². The molecule has 1 aliphatic carbocycles. The Labute approximate surface area is 109 Å². The molecule has 2 aromatic rings. The van der Waals surface area contributed by atoms with Crippen LogP contribution in [0.5, 0.6) is 11.8 Å². The highest BCUT2D eigenvalue weighted by Crippen LogP contribution is 2.51. The van der Waals surface area contributed by atoms with E-state index in [1.165, 1.54) is 7.11 Å². The van der Waals surface area contributed by atoms with Gasteiger partial charge in [0.05, 0.1) is 24.0 Å². The quantitative estimate of drug-likeness (QED) is 0.877. The van der Waals surface area contributed by atoms with Gasteiger partial charge >= 0.3 is 0 Å². The zero-order valence-corrected chi connectivity index (χ0v) is 10.6. The highest BCUT2D eigenvalue weighted by Gasteiger charge is 2.47. The number of nitrogens with zero attached hydrogens (tertiary/aromatic N) is 4. The number of methoxy groups -OCH3 is 1. The molecule has 19 heavy (non-hydrogen) atoms. The van der Waals surface area contributed by atoms with Gasteiger partial charge in [0, 0.05) is 5.56 Å². The molecule has 1 saturated carbocycles. The summed E-state index contributed by atoms with van der Waals surface area (Å²) in [5, 5.41) is 19.6. The smallest absolute Gasteiger partial charge is 0.223 e. The number of ether oxygens (including phenoxy) is 1. The van der Waals surface area contributed by atoms with Crippen molar-refractivity contribution in [1.82, 2.24) is 15.0 Å². The number of pyridine rings is 1. The third-order valence-electron chi connectivity index (χ3n) is 3.42. The second-order valence-corrected chi connectivity index (χ2v) is 4.70. The highest BCUT2D eigenvalue weighted by molar-refractivity contribution is 5.82. The molecule has 6 nitrogen and oxygen atoms in total. The number of nitriles is 1. The van der Waals surface area contributed by atoms with Crippen molar-refractivity contribution in [1.29, 1.82) is 5.26 Å². The van der Waals surface area contributed by atoms with Crippen LogP contribution in [0.15, 0.2) is 6.07 Å². The maximum atomic E-state index is 9.88. The topological polar surface area (TPSA) is 91.9 Å². The Morgan fingerprint density at radius 3 is 2.68 bits per heavy atom. The molecule has 0 atom stereocenters. The summed E-state index contributed by atoms with van der Waals surface area (Å²) in [4.78, 5) is 12.4. The molecule has 0 bridgehead atoms. The van der Waals surface area contributed by atoms with Crippen molar-refractivity contribution in [2.45, 2.75) is 25.2 Å². The summed E-state index contributed by atoms with van der Waals surface area (Å²) < 4.78 is 5.26. The predicted molar refractivity (Wildman–Crippen MR) is 66.8 cm³/mol. The third-order valence-corrected chi connectivity index (χ3v) is 3.42. The van der Waals surface area contributed by atoms with Gasteiger partial charge in [0.25, 0.3) is 0 Å². The SMILES string of the molecule is COc1nc2nc(C)nc(O)c2cc1C1(C#N)CC1. The van der Waals surface area contributed by atoms with E-state index < -0.39 is 5.41 Å². The second-order valence-electron chi connectivity index (χ2n) is 4.70. The first kappa shape index (κ1) is 11.7. The second kappa shape index (κ2) is 3.79. The summed E-state index contributed by atoms with van der Waals surface area (Å²) in [5.74, 6) is 0.713. The molecule has 6 heteroatoms. The van der Waals surface area contributed by atoms with Gasteiger partial charge in [-0.05, 0) is 25.8 Å². The summed E-state index contributed by atoms with van der Waals surface area (Å²) >= 11 is 0. The van der Waals surface area contributed by atoms with Gasteiger partial charge in [0.2, 0.25) is 11.8 Å². The number of hydrogen-bond acceptors (Lipinski definition) is 6. The van der Waals surface area contributed by atoms with Gasteiger partial charge in [-0.3, -0.25) is 0 Å². The average molecular weight is 256 g/mol. The minimum absolute atomic E-state index is 0.118. The number of rotatable bonds is 2. The first-order valence-corrected chi connectivity index (χ1v) is 5.94. The lowest BCUT2D eigenvalue weighted by molar-refractivity contribution is 0.391. The van der Waals surface area contributed by atoms with Gasteiger partial charge in [-0.15, -0.1) is 0 Å². The van der Waals surface area contributed by atoms with E-state index in [0.29, 0.717) is 28.3 Å². The van der Waals surface area contributed by atoms with E-state index in [1.807, 2.05) is 0 Å². The van der Waals surface area contributed by atoms with Gasteiger partial charge in [-0.25, -0.2) is 4.98 Å². The monoisotopic (exact) mass is 256 g/mol. The Morgan fingerprint density at radius 1 is 1.37 bits per heavy atom. The van der Waals surface area contributed by atoms with E-state index in [0.717, 1.165) is 12.8 Å². The lowest BCUT2D eigenvalue weighted by Crippen LogP contribution is -2.08. The molecule has 2 aromatic heterocycles. The molecule has 0 unspecified atom stereocenters. The summed E-state index contributed by atoms with van der Waals surface area (Å²) in [5.41, 5.74) is 0.538. The van der Waals surface area contributed by atoms with Crippen LogP contribution in [0.1, 0.15) is 24.2 Å². The molecule has 0 radical (unpaired) electrons. The zero-order valence-electron chi connectivity index (χ0n) is 10.6. The molecule has 1 aliphatic rings. The van der Waals surface area contributed by atoms with Gasteiger partial charge in [0.15, 0.2) is 5.65 Å².